The minimum Gasteiger partial charge on any atom is -0.493 e. The van der Waals surface area contributed by atoms with E-state index in [0.29, 0.717) is 29.4 Å². The van der Waals surface area contributed by atoms with Gasteiger partial charge in [0.1, 0.15) is 0 Å². The predicted molar refractivity (Wildman–Crippen MR) is 102 cm³/mol. The average molecular weight is 410 g/mol. The molecule has 0 aliphatic heterocycles. The zero-order valence-electron chi connectivity index (χ0n) is 16.2. The third-order valence-corrected chi connectivity index (χ3v) is 4.47. The predicted octanol–water partition coefficient (Wildman–Crippen LogP) is 2.09. The highest BCUT2D eigenvalue weighted by molar-refractivity contribution is 8.00. The van der Waals surface area contributed by atoms with E-state index in [4.69, 9.17) is 18.6 Å². The second kappa shape index (κ2) is 9.83. The highest BCUT2D eigenvalue weighted by Crippen LogP contribution is 2.41. The van der Waals surface area contributed by atoms with Crippen LogP contribution in [0.15, 0.2) is 21.8 Å². The van der Waals surface area contributed by atoms with Gasteiger partial charge in [0.25, 0.3) is 5.22 Å². The molecule has 28 heavy (non-hydrogen) atoms. The van der Waals surface area contributed by atoms with Gasteiger partial charge in [-0.15, -0.1) is 10.2 Å². The van der Waals surface area contributed by atoms with E-state index < -0.39 is 17.2 Å². The number of thioether (sulfide) groups is 1. The average Bonchev–Trinajstić information content (AvgIpc) is 3.15. The molecule has 2 aromatic rings. The summed E-state index contributed by atoms with van der Waals surface area (Å²) >= 11 is 1.04. The number of benzene rings is 1. The lowest BCUT2D eigenvalue weighted by Crippen LogP contribution is -2.42. The van der Waals surface area contributed by atoms with Gasteiger partial charge in [-0.3, -0.25) is 10.1 Å². The van der Waals surface area contributed by atoms with E-state index in [1.54, 1.807) is 26.0 Å². The molecule has 3 amide bonds. The van der Waals surface area contributed by atoms with Gasteiger partial charge < -0.3 is 23.9 Å². The molecule has 0 spiro atoms. The van der Waals surface area contributed by atoms with Crippen LogP contribution in [-0.4, -0.2) is 55.3 Å². The van der Waals surface area contributed by atoms with Crippen LogP contribution in [0.3, 0.4) is 0 Å². The van der Waals surface area contributed by atoms with Crippen LogP contribution in [0.5, 0.6) is 17.2 Å². The van der Waals surface area contributed by atoms with Crippen molar-refractivity contribution in [2.45, 2.75) is 24.3 Å². The van der Waals surface area contributed by atoms with Crippen LogP contribution in [0.1, 0.15) is 13.8 Å². The number of urea groups is 1. The molecule has 2 N–H and O–H groups in total. The van der Waals surface area contributed by atoms with Gasteiger partial charge in [0.05, 0.1) is 26.6 Å². The first-order chi connectivity index (χ1) is 13.4. The summed E-state index contributed by atoms with van der Waals surface area (Å²) in [4.78, 5) is 23.5. The molecular weight excluding hydrogens is 388 g/mol. The van der Waals surface area contributed by atoms with Gasteiger partial charge in [0.2, 0.25) is 17.5 Å². The van der Waals surface area contributed by atoms with Gasteiger partial charge in [-0.2, -0.15) is 0 Å². The Morgan fingerprint density at radius 1 is 1.14 bits per heavy atom. The number of amides is 3. The third-order valence-electron chi connectivity index (χ3n) is 3.54. The molecule has 0 radical (unpaired) electrons. The standard InChI is InChI=1S/C17H22N4O6S/c1-6-18-16(23)19-14(22)9(2)28-17-21-20-15(27-17)10-7-11(24-3)13(26-5)12(8-10)25-4/h7-9H,6H2,1-5H3,(H2,18,19,22,23). The number of methoxy groups -OCH3 is 3. The van der Waals surface area contributed by atoms with Crippen LogP contribution < -0.4 is 24.8 Å². The van der Waals surface area contributed by atoms with Gasteiger partial charge >= 0.3 is 6.03 Å². The molecule has 1 aromatic carbocycles. The van der Waals surface area contributed by atoms with Crippen molar-refractivity contribution in [3.8, 4) is 28.7 Å². The summed E-state index contributed by atoms with van der Waals surface area (Å²) < 4.78 is 21.5. The Morgan fingerprint density at radius 2 is 1.79 bits per heavy atom. The second-order valence-electron chi connectivity index (χ2n) is 5.40. The largest absolute Gasteiger partial charge is 0.493 e. The van der Waals surface area contributed by atoms with Gasteiger partial charge in [-0.25, -0.2) is 4.79 Å². The zero-order valence-corrected chi connectivity index (χ0v) is 17.0. The van der Waals surface area contributed by atoms with Crippen molar-refractivity contribution in [2.75, 3.05) is 27.9 Å². The van der Waals surface area contributed by atoms with Crippen LogP contribution in [-0.2, 0) is 4.79 Å². The minimum absolute atomic E-state index is 0.183. The Hall–Kier alpha value is -2.95. The van der Waals surface area contributed by atoms with Gasteiger partial charge in [-0.05, 0) is 26.0 Å². The number of rotatable bonds is 8. The normalized spacial score (nSPS) is 11.5. The number of hydrogen-bond acceptors (Lipinski definition) is 9. The quantitative estimate of drug-likeness (QED) is 0.629. The third kappa shape index (κ3) is 5.06. The summed E-state index contributed by atoms with van der Waals surface area (Å²) in [6.07, 6.45) is 0. The maximum atomic E-state index is 12.0. The summed E-state index contributed by atoms with van der Waals surface area (Å²) in [5.41, 5.74) is 0.563. The zero-order chi connectivity index (χ0) is 20.7. The first-order valence-electron chi connectivity index (χ1n) is 8.32. The Balaban J connectivity index is 2.15. The summed E-state index contributed by atoms with van der Waals surface area (Å²) in [7, 11) is 4.52. The first-order valence-corrected chi connectivity index (χ1v) is 9.20. The van der Waals surface area contributed by atoms with Crippen molar-refractivity contribution < 1.29 is 28.2 Å². The molecule has 0 saturated heterocycles. The van der Waals surface area contributed by atoms with Gasteiger partial charge in [-0.1, -0.05) is 11.8 Å². The highest BCUT2D eigenvalue weighted by atomic mass is 32.2. The van der Waals surface area contributed by atoms with Gasteiger partial charge in [0.15, 0.2) is 11.5 Å². The van der Waals surface area contributed by atoms with E-state index in [2.05, 4.69) is 20.8 Å². The summed E-state index contributed by atoms with van der Waals surface area (Å²) in [5, 5.41) is 12.2. The smallest absolute Gasteiger partial charge is 0.321 e. The number of nitrogens with zero attached hydrogens (tertiary/aromatic N) is 2. The summed E-state index contributed by atoms with van der Waals surface area (Å²) in [6.45, 7) is 3.80. The van der Waals surface area contributed by atoms with Crippen molar-refractivity contribution in [2.24, 2.45) is 0 Å². The molecule has 0 bridgehead atoms. The van der Waals surface area contributed by atoms with Crippen LogP contribution in [0.2, 0.25) is 0 Å². The minimum atomic E-state index is -0.615. The lowest BCUT2D eigenvalue weighted by atomic mass is 10.2. The topological polar surface area (TPSA) is 125 Å². The lowest BCUT2D eigenvalue weighted by molar-refractivity contribution is -0.119. The fourth-order valence-electron chi connectivity index (χ4n) is 2.20. The van der Waals surface area contributed by atoms with E-state index in [9.17, 15) is 9.59 Å². The number of carbonyl (C=O) groups is 2. The van der Waals surface area contributed by atoms with E-state index in [-0.39, 0.29) is 11.1 Å². The number of carbonyl (C=O) groups excluding carboxylic acids is 2. The summed E-state index contributed by atoms with van der Waals surface area (Å²) in [5.74, 6) is 1.08. The number of nitrogens with one attached hydrogen (secondary N) is 2. The van der Waals surface area contributed by atoms with Gasteiger partial charge in [0, 0.05) is 12.1 Å². The number of ether oxygens (including phenoxy) is 3. The monoisotopic (exact) mass is 410 g/mol. The van der Waals surface area contributed by atoms with Crippen LogP contribution >= 0.6 is 11.8 Å². The molecular formula is C17H22N4O6S. The fraction of sp³-hybridized carbons (Fsp3) is 0.412. The van der Waals surface area contributed by atoms with Crippen molar-refractivity contribution in [1.82, 2.24) is 20.8 Å². The maximum absolute atomic E-state index is 12.0. The van der Waals surface area contributed by atoms with E-state index >= 15 is 0 Å². The molecule has 1 atom stereocenters. The second-order valence-corrected chi connectivity index (χ2v) is 6.69. The van der Waals surface area contributed by atoms with Crippen LogP contribution in [0.4, 0.5) is 4.79 Å². The molecule has 2 rings (SSSR count). The summed E-state index contributed by atoms with van der Waals surface area (Å²) in [6, 6.07) is 2.80. The van der Waals surface area contributed by atoms with Crippen LogP contribution in [0, 0.1) is 0 Å². The highest BCUT2D eigenvalue weighted by Gasteiger charge is 2.22. The number of hydrogen-bond donors (Lipinski definition) is 2. The molecule has 152 valence electrons. The van der Waals surface area contributed by atoms with E-state index in [1.807, 2.05) is 0 Å². The molecule has 0 aliphatic rings. The molecule has 0 saturated carbocycles. The molecule has 1 heterocycles. The van der Waals surface area contributed by atoms with Crippen molar-refractivity contribution in [3.63, 3.8) is 0 Å². The van der Waals surface area contributed by atoms with E-state index in [1.165, 1.54) is 21.3 Å². The maximum Gasteiger partial charge on any atom is 0.321 e. The molecule has 10 nitrogen and oxygen atoms in total. The number of imide groups is 1. The molecule has 0 aliphatic carbocycles. The molecule has 1 unspecified atom stereocenters. The van der Waals surface area contributed by atoms with Crippen LogP contribution in [0.25, 0.3) is 11.5 Å². The Morgan fingerprint density at radius 3 is 2.32 bits per heavy atom. The molecule has 11 heteroatoms. The Kier molecular flexibility index (Phi) is 7.50. The number of aromatic nitrogens is 2. The fourth-order valence-corrected chi connectivity index (χ4v) is 2.89. The molecule has 1 aromatic heterocycles. The van der Waals surface area contributed by atoms with Crippen molar-refractivity contribution in [1.29, 1.82) is 0 Å². The molecule has 0 fully saturated rings. The van der Waals surface area contributed by atoms with Crippen molar-refractivity contribution in [3.05, 3.63) is 12.1 Å². The SMILES string of the molecule is CCNC(=O)NC(=O)C(C)Sc1nnc(-c2cc(OC)c(OC)c(OC)c2)o1. The Labute approximate surface area is 166 Å². The van der Waals surface area contributed by atoms with E-state index in [0.717, 1.165) is 11.8 Å². The van der Waals surface area contributed by atoms with Crippen molar-refractivity contribution >= 4 is 23.7 Å². The first kappa shape index (κ1) is 21.4. The lowest BCUT2D eigenvalue weighted by Gasteiger charge is -2.12. The Bertz CT molecular complexity index is 816.